The minimum atomic E-state index is 0.179. The van der Waals surface area contributed by atoms with Gasteiger partial charge in [-0.2, -0.15) is 0 Å². The molecule has 2 aliphatic rings. The Kier molecular flexibility index (Phi) is 1.25. The van der Waals surface area contributed by atoms with Gasteiger partial charge in [0.2, 0.25) is 5.91 Å². The summed E-state index contributed by atoms with van der Waals surface area (Å²) in [6.45, 7) is 1.79. The first-order chi connectivity index (χ1) is 5.18. The molecule has 1 amide bonds. The third kappa shape index (κ3) is 0.862. The number of hydrogen-bond acceptors (Lipinski definition) is 3. The Morgan fingerprint density at radius 2 is 2.36 bits per heavy atom. The number of nitrogens with one attached hydrogen (secondary N) is 1. The van der Waals surface area contributed by atoms with Crippen LogP contribution in [0.15, 0.2) is 0 Å². The summed E-state index contributed by atoms with van der Waals surface area (Å²) in [4.78, 5) is 11.1. The third-order valence-electron chi connectivity index (χ3n) is 2.79. The average molecular weight is 155 g/mol. The molecule has 1 spiro atoms. The lowest BCUT2D eigenvalue weighted by molar-refractivity contribution is -0.123. The molecular weight excluding hydrogens is 142 g/mol. The summed E-state index contributed by atoms with van der Waals surface area (Å²) in [6, 6.07) is 0. The van der Waals surface area contributed by atoms with E-state index >= 15 is 0 Å². The second-order valence-corrected chi connectivity index (χ2v) is 3.64. The van der Waals surface area contributed by atoms with Crippen LogP contribution < -0.4 is 11.2 Å². The van der Waals surface area contributed by atoms with Crippen molar-refractivity contribution in [2.45, 2.75) is 6.42 Å². The van der Waals surface area contributed by atoms with Crippen molar-refractivity contribution in [2.75, 3.05) is 20.1 Å². The van der Waals surface area contributed by atoms with Gasteiger partial charge in [-0.05, 0) is 6.42 Å². The Morgan fingerprint density at radius 1 is 1.73 bits per heavy atom. The molecule has 0 aromatic carbocycles. The summed E-state index contributed by atoms with van der Waals surface area (Å²) in [6.07, 6.45) is 1.03. The molecule has 3 N–H and O–H groups in total. The van der Waals surface area contributed by atoms with Crippen LogP contribution in [0.3, 0.4) is 0 Å². The zero-order valence-electron chi connectivity index (χ0n) is 6.63. The lowest BCUT2D eigenvalue weighted by atomic mass is 9.95. The second kappa shape index (κ2) is 1.95. The van der Waals surface area contributed by atoms with Gasteiger partial charge < -0.3 is 5.32 Å². The predicted molar refractivity (Wildman–Crippen MR) is 40.4 cm³/mol. The fourth-order valence-electron chi connectivity index (χ4n) is 2.00. The molecule has 2 rings (SSSR count). The lowest BCUT2D eigenvalue weighted by Crippen LogP contribution is -2.54. The molecule has 1 heterocycles. The molecule has 62 valence electrons. The highest BCUT2D eigenvalue weighted by molar-refractivity contribution is 5.82. The van der Waals surface area contributed by atoms with Crippen LogP contribution in [0.25, 0.3) is 0 Å². The van der Waals surface area contributed by atoms with Crippen LogP contribution >= 0.6 is 0 Å². The quantitative estimate of drug-likeness (QED) is 0.474. The van der Waals surface area contributed by atoms with Crippen molar-refractivity contribution < 1.29 is 4.79 Å². The lowest BCUT2D eigenvalue weighted by Gasteiger charge is -2.36. The Balaban J connectivity index is 1.91. The predicted octanol–water partition coefficient (Wildman–Crippen LogP) is -1.07. The molecule has 0 radical (unpaired) electrons. The van der Waals surface area contributed by atoms with E-state index in [1.807, 2.05) is 0 Å². The van der Waals surface area contributed by atoms with Crippen LogP contribution in [0.4, 0.5) is 0 Å². The van der Waals surface area contributed by atoms with Gasteiger partial charge in [0.25, 0.3) is 0 Å². The number of carbonyl (C=O) groups is 1. The van der Waals surface area contributed by atoms with Gasteiger partial charge in [-0.3, -0.25) is 10.6 Å². The van der Waals surface area contributed by atoms with Gasteiger partial charge in [-0.15, -0.1) is 0 Å². The van der Waals surface area contributed by atoms with E-state index in [2.05, 4.69) is 5.32 Å². The largest absolute Gasteiger partial charge is 0.359 e. The van der Waals surface area contributed by atoms with Gasteiger partial charge >= 0.3 is 0 Å². The summed E-state index contributed by atoms with van der Waals surface area (Å²) in [5, 5.41) is 4.43. The molecule has 0 bridgehead atoms. The summed E-state index contributed by atoms with van der Waals surface area (Å²) in [7, 11) is 1.69. The van der Waals surface area contributed by atoms with Crippen LogP contribution in [0.2, 0.25) is 0 Å². The van der Waals surface area contributed by atoms with E-state index in [1.54, 1.807) is 12.1 Å². The minimum absolute atomic E-state index is 0.179. The van der Waals surface area contributed by atoms with Crippen molar-refractivity contribution in [3.63, 3.8) is 0 Å². The van der Waals surface area contributed by atoms with E-state index < -0.39 is 0 Å². The number of amides is 1. The maximum atomic E-state index is 11.1. The van der Waals surface area contributed by atoms with E-state index in [1.165, 1.54) is 0 Å². The molecule has 4 heteroatoms. The number of hydrogen-bond donors (Lipinski definition) is 2. The van der Waals surface area contributed by atoms with Crippen LogP contribution in [-0.2, 0) is 4.79 Å². The van der Waals surface area contributed by atoms with Gasteiger partial charge in [-0.1, -0.05) is 0 Å². The van der Waals surface area contributed by atoms with Crippen molar-refractivity contribution in [3.05, 3.63) is 0 Å². The molecule has 4 nitrogen and oxygen atoms in total. The molecule has 1 saturated heterocycles. The Morgan fingerprint density at radius 3 is 2.82 bits per heavy atom. The minimum Gasteiger partial charge on any atom is -0.359 e. The van der Waals surface area contributed by atoms with Gasteiger partial charge in [0, 0.05) is 31.5 Å². The van der Waals surface area contributed by atoms with Crippen molar-refractivity contribution in [3.8, 4) is 0 Å². The van der Waals surface area contributed by atoms with Crippen LogP contribution in [0, 0.1) is 11.3 Å². The molecule has 11 heavy (non-hydrogen) atoms. The second-order valence-electron chi connectivity index (χ2n) is 3.64. The molecule has 1 atom stereocenters. The normalized spacial score (nSPS) is 33.1. The standard InChI is InChI=1S/C7H13N3O/c1-9-6(11)5-2-7(5)3-10(8)4-7/h5H,2-4,8H2,1H3,(H,9,11)/t5-/m0/s1. The molecule has 2 fully saturated rings. The molecular formula is C7H13N3O. The first-order valence-electron chi connectivity index (χ1n) is 3.89. The Hall–Kier alpha value is -0.610. The van der Waals surface area contributed by atoms with Gasteiger partial charge in [0.1, 0.15) is 0 Å². The zero-order valence-corrected chi connectivity index (χ0v) is 6.63. The maximum absolute atomic E-state index is 11.1. The Bertz CT molecular complexity index is 198. The highest BCUT2D eigenvalue weighted by Gasteiger charge is 2.63. The third-order valence-corrected chi connectivity index (χ3v) is 2.79. The molecule has 1 saturated carbocycles. The topological polar surface area (TPSA) is 58.4 Å². The van der Waals surface area contributed by atoms with Crippen molar-refractivity contribution in [1.29, 1.82) is 0 Å². The SMILES string of the molecule is CNC(=O)[C@@H]1CC12CN(N)C2. The first kappa shape index (κ1) is 7.06. The molecule has 1 aliphatic heterocycles. The van der Waals surface area contributed by atoms with E-state index in [0.29, 0.717) is 0 Å². The van der Waals surface area contributed by atoms with Crippen molar-refractivity contribution in [1.82, 2.24) is 10.3 Å². The van der Waals surface area contributed by atoms with E-state index in [9.17, 15) is 4.79 Å². The molecule has 1 aliphatic carbocycles. The fraction of sp³-hybridized carbons (Fsp3) is 0.857. The van der Waals surface area contributed by atoms with Crippen LogP contribution in [0.5, 0.6) is 0 Å². The highest BCUT2D eigenvalue weighted by Crippen LogP contribution is 2.57. The molecule has 0 aromatic heterocycles. The Labute approximate surface area is 65.7 Å². The zero-order chi connectivity index (χ0) is 8.06. The van der Waals surface area contributed by atoms with E-state index in [0.717, 1.165) is 19.5 Å². The van der Waals surface area contributed by atoms with E-state index in [4.69, 9.17) is 5.84 Å². The number of rotatable bonds is 1. The highest BCUT2D eigenvalue weighted by atomic mass is 16.2. The maximum Gasteiger partial charge on any atom is 0.223 e. The number of nitrogens with two attached hydrogens (primary N) is 1. The smallest absolute Gasteiger partial charge is 0.223 e. The number of hydrazine groups is 1. The molecule has 0 unspecified atom stereocenters. The van der Waals surface area contributed by atoms with E-state index in [-0.39, 0.29) is 17.2 Å². The summed E-state index contributed by atoms with van der Waals surface area (Å²) >= 11 is 0. The number of carbonyl (C=O) groups excluding carboxylic acids is 1. The summed E-state index contributed by atoms with van der Waals surface area (Å²) < 4.78 is 0. The van der Waals surface area contributed by atoms with Crippen molar-refractivity contribution >= 4 is 5.91 Å². The van der Waals surface area contributed by atoms with Crippen molar-refractivity contribution in [2.24, 2.45) is 17.2 Å². The van der Waals surface area contributed by atoms with Crippen LogP contribution in [0.1, 0.15) is 6.42 Å². The first-order valence-corrected chi connectivity index (χ1v) is 3.89. The summed E-state index contributed by atoms with van der Waals surface area (Å²) in [5.74, 6) is 5.92. The van der Waals surface area contributed by atoms with Gasteiger partial charge in [-0.25, -0.2) is 5.01 Å². The summed E-state index contributed by atoms with van der Waals surface area (Å²) in [5.41, 5.74) is 0.273. The van der Waals surface area contributed by atoms with Crippen LogP contribution in [-0.4, -0.2) is 31.1 Å². The monoisotopic (exact) mass is 155 g/mol. The van der Waals surface area contributed by atoms with Gasteiger partial charge in [0.05, 0.1) is 0 Å². The fourth-order valence-corrected chi connectivity index (χ4v) is 2.00. The molecule has 0 aromatic rings. The number of nitrogens with zero attached hydrogens (tertiary/aromatic N) is 1. The average Bonchev–Trinajstić information content (AvgIpc) is 2.61. The van der Waals surface area contributed by atoms with Gasteiger partial charge in [0.15, 0.2) is 0 Å².